The maximum atomic E-state index is 8.73. The highest BCUT2D eigenvalue weighted by Crippen LogP contribution is 2.19. The van der Waals surface area contributed by atoms with Crippen LogP contribution in [0.4, 0.5) is 5.82 Å². The molecule has 0 aliphatic carbocycles. The molecule has 20 heavy (non-hydrogen) atoms. The number of aromatic nitrogens is 1. The first-order valence-electron chi connectivity index (χ1n) is 6.66. The van der Waals surface area contributed by atoms with Crippen LogP contribution >= 0.6 is 0 Å². The summed E-state index contributed by atoms with van der Waals surface area (Å²) in [5.74, 6) is 0.931. The van der Waals surface area contributed by atoms with E-state index in [0.29, 0.717) is 12.2 Å². The van der Waals surface area contributed by atoms with Crippen molar-refractivity contribution < 1.29 is 15.1 Å². The van der Waals surface area contributed by atoms with Gasteiger partial charge in [-0.2, -0.15) is 0 Å². The fraction of sp³-hybridized carbons (Fsp3) is 0.538. The quantitative estimate of drug-likeness (QED) is 0.307. The molecule has 0 radical (unpaired) electrons. The molecule has 4 N–H and O–H groups in total. The van der Waals surface area contributed by atoms with E-state index in [1.54, 1.807) is 12.3 Å². The summed E-state index contributed by atoms with van der Waals surface area (Å²) in [6.07, 6.45) is 3.65. The first-order chi connectivity index (χ1) is 9.74. The van der Waals surface area contributed by atoms with Gasteiger partial charge in [0.15, 0.2) is 5.84 Å². The van der Waals surface area contributed by atoms with Crippen LogP contribution in [0.3, 0.4) is 0 Å². The molecule has 2 heterocycles. The molecule has 0 amide bonds. The van der Waals surface area contributed by atoms with E-state index in [2.05, 4.69) is 15.0 Å². The number of amidine groups is 1. The largest absolute Gasteiger partial charge is 0.409 e. The van der Waals surface area contributed by atoms with Crippen molar-refractivity contribution in [2.24, 2.45) is 10.9 Å². The minimum absolute atomic E-state index is 0.0557. The Hall–Kier alpha value is -1.86. The van der Waals surface area contributed by atoms with Crippen molar-refractivity contribution in [2.45, 2.75) is 18.9 Å². The van der Waals surface area contributed by atoms with Crippen molar-refractivity contribution in [3.8, 4) is 0 Å². The van der Waals surface area contributed by atoms with Gasteiger partial charge in [0, 0.05) is 24.8 Å². The molecule has 1 aliphatic heterocycles. The second-order valence-electron chi connectivity index (χ2n) is 4.67. The zero-order chi connectivity index (χ0) is 14.4. The van der Waals surface area contributed by atoms with Gasteiger partial charge in [0.1, 0.15) is 5.82 Å². The third-order valence-corrected chi connectivity index (χ3v) is 3.36. The summed E-state index contributed by atoms with van der Waals surface area (Å²) in [6, 6.07) is 3.65. The van der Waals surface area contributed by atoms with E-state index in [4.69, 9.17) is 20.8 Å². The second-order valence-corrected chi connectivity index (χ2v) is 4.67. The molecule has 110 valence electrons. The van der Waals surface area contributed by atoms with Crippen LogP contribution in [0.2, 0.25) is 0 Å². The molecule has 2 rings (SSSR count). The summed E-state index contributed by atoms with van der Waals surface area (Å²) in [4.78, 5) is 6.51. The summed E-state index contributed by atoms with van der Waals surface area (Å²) < 4.78 is 5.52. The van der Waals surface area contributed by atoms with Crippen LogP contribution in [0, 0.1) is 0 Å². The Morgan fingerprint density at radius 2 is 2.20 bits per heavy atom. The van der Waals surface area contributed by atoms with E-state index in [-0.39, 0.29) is 18.5 Å². The van der Waals surface area contributed by atoms with E-state index in [9.17, 15) is 0 Å². The molecule has 0 aromatic carbocycles. The van der Waals surface area contributed by atoms with Gasteiger partial charge >= 0.3 is 0 Å². The molecule has 1 aromatic rings. The molecule has 1 aromatic heterocycles. The zero-order valence-electron chi connectivity index (χ0n) is 11.3. The number of anilines is 1. The van der Waals surface area contributed by atoms with Crippen molar-refractivity contribution in [1.82, 2.24) is 4.98 Å². The van der Waals surface area contributed by atoms with Crippen LogP contribution in [0.15, 0.2) is 23.5 Å². The summed E-state index contributed by atoms with van der Waals surface area (Å²) in [6.45, 7) is 2.20. The number of rotatable bonds is 5. The monoisotopic (exact) mass is 280 g/mol. The SMILES string of the molecule is N/C(=N/O)c1ccc(N2CCC(OCCO)CC2)nc1. The molecule has 1 fully saturated rings. The zero-order valence-corrected chi connectivity index (χ0v) is 11.3. The lowest BCUT2D eigenvalue weighted by molar-refractivity contribution is 0.0158. The van der Waals surface area contributed by atoms with Crippen LogP contribution in [0.5, 0.6) is 0 Å². The third kappa shape index (κ3) is 3.58. The Morgan fingerprint density at radius 3 is 2.75 bits per heavy atom. The van der Waals surface area contributed by atoms with Gasteiger partial charge in [0.2, 0.25) is 0 Å². The van der Waals surface area contributed by atoms with Crippen molar-refractivity contribution in [2.75, 3.05) is 31.2 Å². The van der Waals surface area contributed by atoms with Crippen molar-refractivity contribution in [3.63, 3.8) is 0 Å². The predicted octanol–water partition coefficient (Wildman–Crippen LogP) is 0.154. The number of pyridine rings is 1. The number of nitrogens with two attached hydrogens (primary N) is 1. The van der Waals surface area contributed by atoms with E-state index in [0.717, 1.165) is 31.7 Å². The van der Waals surface area contributed by atoms with Gasteiger partial charge in [-0.05, 0) is 25.0 Å². The number of piperidine rings is 1. The lowest BCUT2D eigenvalue weighted by Gasteiger charge is -2.32. The van der Waals surface area contributed by atoms with Crippen molar-refractivity contribution in [3.05, 3.63) is 23.9 Å². The lowest BCUT2D eigenvalue weighted by Crippen LogP contribution is -2.37. The Balaban J connectivity index is 1.90. The fourth-order valence-electron chi connectivity index (χ4n) is 2.25. The Bertz CT molecular complexity index is 441. The fourth-order valence-corrected chi connectivity index (χ4v) is 2.25. The molecule has 0 spiro atoms. The highest BCUT2D eigenvalue weighted by Gasteiger charge is 2.20. The van der Waals surface area contributed by atoms with Crippen LogP contribution in [0.25, 0.3) is 0 Å². The maximum Gasteiger partial charge on any atom is 0.171 e. The Kier molecular flexibility index (Phi) is 5.14. The standard InChI is InChI=1S/C13H20N4O3/c14-13(16-19)10-1-2-12(15-9-10)17-5-3-11(4-6-17)20-8-7-18/h1-2,9,11,18-19H,3-8H2,(H2,14,16). The number of ether oxygens (including phenoxy) is 1. The van der Waals surface area contributed by atoms with Crippen LogP contribution in [-0.2, 0) is 4.74 Å². The van der Waals surface area contributed by atoms with E-state index < -0.39 is 0 Å². The van der Waals surface area contributed by atoms with E-state index in [1.165, 1.54) is 0 Å². The predicted molar refractivity (Wildman–Crippen MR) is 75.0 cm³/mol. The molecular formula is C13H20N4O3. The first-order valence-corrected chi connectivity index (χ1v) is 6.66. The number of hydrogen-bond acceptors (Lipinski definition) is 6. The van der Waals surface area contributed by atoms with Crippen molar-refractivity contribution in [1.29, 1.82) is 0 Å². The molecule has 0 bridgehead atoms. The molecule has 7 nitrogen and oxygen atoms in total. The summed E-state index contributed by atoms with van der Waals surface area (Å²) in [7, 11) is 0. The summed E-state index contributed by atoms with van der Waals surface area (Å²) >= 11 is 0. The van der Waals surface area contributed by atoms with Gasteiger partial charge in [0.25, 0.3) is 0 Å². The number of nitrogens with zero attached hydrogens (tertiary/aromatic N) is 3. The van der Waals surface area contributed by atoms with Crippen LogP contribution < -0.4 is 10.6 Å². The topological polar surface area (TPSA) is 104 Å². The normalized spacial score (nSPS) is 17.4. The lowest BCUT2D eigenvalue weighted by atomic mass is 10.1. The van der Waals surface area contributed by atoms with Gasteiger partial charge in [-0.25, -0.2) is 4.98 Å². The maximum absolute atomic E-state index is 8.73. The molecule has 0 saturated carbocycles. The summed E-state index contributed by atoms with van der Waals surface area (Å²) in [5.41, 5.74) is 6.09. The van der Waals surface area contributed by atoms with Gasteiger partial charge in [0.05, 0.1) is 19.3 Å². The Morgan fingerprint density at radius 1 is 1.45 bits per heavy atom. The van der Waals surface area contributed by atoms with Gasteiger partial charge in [-0.3, -0.25) is 0 Å². The summed E-state index contributed by atoms with van der Waals surface area (Å²) in [5, 5.41) is 20.3. The van der Waals surface area contributed by atoms with Gasteiger partial charge in [-0.1, -0.05) is 5.16 Å². The molecule has 0 unspecified atom stereocenters. The molecule has 1 saturated heterocycles. The van der Waals surface area contributed by atoms with Gasteiger partial charge < -0.3 is 25.7 Å². The number of hydrogen-bond donors (Lipinski definition) is 3. The average Bonchev–Trinajstić information content (AvgIpc) is 2.53. The van der Waals surface area contributed by atoms with Crippen LogP contribution in [-0.4, -0.2) is 53.5 Å². The minimum atomic E-state index is 0.0557. The number of oxime groups is 1. The second kappa shape index (κ2) is 7.06. The highest BCUT2D eigenvalue weighted by atomic mass is 16.5. The number of aliphatic hydroxyl groups is 1. The average molecular weight is 280 g/mol. The van der Waals surface area contributed by atoms with E-state index >= 15 is 0 Å². The van der Waals surface area contributed by atoms with Crippen LogP contribution in [0.1, 0.15) is 18.4 Å². The molecular weight excluding hydrogens is 260 g/mol. The van der Waals surface area contributed by atoms with E-state index in [1.807, 2.05) is 6.07 Å². The third-order valence-electron chi connectivity index (χ3n) is 3.36. The minimum Gasteiger partial charge on any atom is -0.409 e. The molecule has 1 aliphatic rings. The highest BCUT2D eigenvalue weighted by molar-refractivity contribution is 5.96. The first kappa shape index (κ1) is 14.5. The number of aliphatic hydroxyl groups excluding tert-OH is 1. The molecule has 7 heteroatoms. The smallest absolute Gasteiger partial charge is 0.171 e. The Labute approximate surface area is 117 Å². The van der Waals surface area contributed by atoms with Crippen molar-refractivity contribution >= 4 is 11.7 Å². The van der Waals surface area contributed by atoms with Gasteiger partial charge in [-0.15, -0.1) is 0 Å². The molecule has 0 atom stereocenters.